The molecule has 3 rings (SSSR count). The highest BCUT2D eigenvalue weighted by molar-refractivity contribution is 7.89. The van der Waals surface area contributed by atoms with Gasteiger partial charge in [-0.25, -0.2) is 17.9 Å². The van der Waals surface area contributed by atoms with Crippen molar-refractivity contribution in [3.8, 4) is 0 Å². The van der Waals surface area contributed by atoms with E-state index in [1.807, 2.05) is 44.2 Å². The van der Waals surface area contributed by atoms with Crippen LogP contribution in [0, 0.1) is 5.92 Å². The lowest BCUT2D eigenvalue weighted by molar-refractivity contribution is -0.119. The molecule has 2 amide bonds. The molecule has 0 aliphatic heterocycles. The molecule has 1 unspecified atom stereocenters. The number of ether oxygens (including phenoxy) is 1. The Morgan fingerprint density at radius 1 is 0.912 bits per heavy atom. The van der Waals surface area contributed by atoms with E-state index in [2.05, 4.69) is 15.4 Å². The summed E-state index contributed by atoms with van der Waals surface area (Å²) >= 11 is 0. The summed E-state index contributed by atoms with van der Waals surface area (Å²) in [5, 5.41) is 6.52. The van der Waals surface area contributed by atoms with Crippen LogP contribution in [0.5, 0.6) is 0 Å². The van der Waals surface area contributed by atoms with E-state index in [1.165, 1.54) is 6.07 Å². The number of alkyl carbamates (subject to hydrolysis) is 1. The average molecular weight is 484 g/mol. The van der Waals surface area contributed by atoms with Gasteiger partial charge in [-0.05, 0) is 23.6 Å². The highest BCUT2D eigenvalue weighted by atomic mass is 32.2. The summed E-state index contributed by atoms with van der Waals surface area (Å²) in [6.07, 6.45) is -0.699. The molecule has 1 atom stereocenters. The van der Waals surface area contributed by atoms with E-state index >= 15 is 0 Å². The van der Waals surface area contributed by atoms with E-state index in [-0.39, 0.29) is 24.0 Å². The molecule has 180 valence electrons. The van der Waals surface area contributed by atoms with Crippen molar-refractivity contribution >= 4 is 38.5 Å². The average Bonchev–Trinajstić information content (AvgIpc) is 2.81. The molecule has 0 spiro atoms. The quantitative estimate of drug-likeness (QED) is 0.425. The summed E-state index contributed by atoms with van der Waals surface area (Å²) in [4.78, 5) is 25.5. The zero-order chi connectivity index (χ0) is 24.7. The van der Waals surface area contributed by atoms with E-state index in [0.29, 0.717) is 16.5 Å². The fourth-order valence-corrected chi connectivity index (χ4v) is 4.79. The summed E-state index contributed by atoms with van der Waals surface area (Å²) in [6.45, 7) is 5.68. The van der Waals surface area contributed by atoms with Gasteiger partial charge in [-0.3, -0.25) is 4.79 Å². The van der Waals surface area contributed by atoms with Crippen LogP contribution in [0.4, 0.5) is 10.5 Å². The largest absolute Gasteiger partial charge is 0.445 e. The van der Waals surface area contributed by atoms with Crippen LogP contribution in [-0.2, 0) is 26.2 Å². The molecule has 9 heteroatoms. The van der Waals surface area contributed by atoms with E-state index < -0.39 is 28.1 Å². The number of hydrogen-bond donors (Lipinski definition) is 3. The van der Waals surface area contributed by atoms with Crippen LogP contribution in [0.3, 0.4) is 0 Å². The van der Waals surface area contributed by atoms with Gasteiger partial charge in [0.25, 0.3) is 0 Å². The first-order valence-corrected chi connectivity index (χ1v) is 12.5. The van der Waals surface area contributed by atoms with Gasteiger partial charge in [0.2, 0.25) is 15.9 Å². The van der Waals surface area contributed by atoms with Crippen LogP contribution in [0.15, 0.2) is 71.6 Å². The van der Waals surface area contributed by atoms with Crippen molar-refractivity contribution < 1.29 is 22.7 Å². The fraction of sp³-hybridized carbons (Fsp3) is 0.280. The standard InChI is InChI=1S/C25H29N3O5S/c1-4-26-34(31,32)22-15-9-12-19-20(22)13-8-14-21(19)27-24(29)23(17(2)3)28-25(30)33-16-18-10-6-5-7-11-18/h5-15,17,23,26H,4,16H2,1-3H3,(H,27,29)(H,28,30). The summed E-state index contributed by atoms with van der Waals surface area (Å²) in [5.41, 5.74) is 1.28. The van der Waals surface area contributed by atoms with Gasteiger partial charge in [-0.1, -0.05) is 75.4 Å². The van der Waals surface area contributed by atoms with Gasteiger partial charge in [-0.2, -0.15) is 0 Å². The SMILES string of the molecule is CCNS(=O)(=O)c1cccc2c(NC(=O)C(NC(=O)OCc3ccccc3)C(C)C)cccc12. The van der Waals surface area contributed by atoms with Crippen molar-refractivity contribution in [2.45, 2.75) is 38.3 Å². The first-order chi connectivity index (χ1) is 16.2. The van der Waals surface area contributed by atoms with Crippen LogP contribution in [0.1, 0.15) is 26.3 Å². The molecular formula is C25H29N3O5S. The van der Waals surface area contributed by atoms with E-state index in [9.17, 15) is 18.0 Å². The first kappa shape index (κ1) is 25.2. The van der Waals surface area contributed by atoms with Crippen molar-refractivity contribution in [2.75, 3.05) is 11.9 Å². The molecule has 0 aliphatic rings. The molecule has 0 radical (unpaired) electrons. The number of carbonyl (C=O) groups is 2. The fourth-order valence-electron chi connectivity index (χ4n) is 3.53. The van der Waals surface area contributed by atoms with Crippen molar-refractivity contribution in [1.29, 1.82) is 0 Å². The molecule has 0 saturated heterocycles. The van der Waals surface area contributed by atoms with Gasteiger partial charge >= 0.3 is 6.09 Å². The number of nitrogens with one attached hydrogen (secondary N) is 3. The van der Waals surface area contributed by atoms with Gasteiger partial charge in [0.15, 0.2) is 0 Å². The van der Waals surface area contributed by atoms with Gasteiger partial charge < -0.3 is 15.4 Å². The van der Waals surface area contributed by atoms with Gasteiger partial charge in [-0.15, -0.1) is 0 Å². The number of rotatable bonds is 9. The maximum atomic E-state index is 13.1. The maximum absolute atomic E-state index is 13.1. The molecule has 0 heterocycles. The third-order valence-corrected chi connectivity index (χ3v) is 6.80. The Labute approximate surface area is 199 Å². The van der Waals surface area contributed by atoms with E-state index in [4.69, 9.17) is 4.74 Å². The topological polar surface area (TPSA) is 114 Å². The molecule has 0 aliphatic carbocycles. The second-order valence-corrected chi connectivity index (χ2v) is 9.81. The third kappa shape index (κ3) is 6.12. The lowest BCUT2D eigenvalue weighted by atomic mass is 10.0. The second-order valence-electron chi connectivity index (χ2n) is 8.08. The highest BCUT2D eigenvalue weighted by Crippen LogP contribution is 2.29. The zero-order valence-corrected chi connectivity index (χ0v) is 20.2. The molecule has 0 saturated carbocycles. The number of amides is 2. The number of benzene rings is 3. The van der Waals surface area contributed by atoms with Crippen LogP contribution in [0.25, 0.3) is 10.8 Å². The predicted molar refractivity (Wildman–Crippen MR) is 132 cm³/mol. The monoisotopic (exact) mass is 483 g/mol. The highest BCUT2D eigenvalue weighted by Gasteiger charge is 2.26. The van der Waals surface area contributed by atoms with Crippen molar-refractivity contribution in [2.24, 2.45) is 5.92 Å². The number of sulfonamides is 1. The molecule has 3 aromatic rings. The Kier molecular flexibility index (Phi) is 8.25. The lowest BCUT2D eigenvalue weighted by Gasteiger charge is -2.22. The third-order valence-electron chi connectivity index (χ3n) is 5.20. The number of fused-ring (bicyclic) bond motifs is 1. The van der Waals surface area contributed by atoms with E-state index in [1.54, 1.807) is 37.3 Å². The first-order valence-electron chi connectivity index (χ1n) is 11.0. The minimum atomic E-state index is -3.69. The Morgan fingerprint density at radius 2 is 1.59 bits per heavy atom. The molecular weight excluding hydrogens is 454 g/mol. The summed E-state index contributed by atoms with van der Waals surface area (Å²) < 4.78 is 32.9. The Bertz CT molecular complexity index is 1260. The lowest BCUT2D eigenvalue weighted by Crippen LogP contribution is -2.47. The summed E-state index contributed by atoms with van der Waals surface area (Å²) in [6, 6.07) is 18.3. The minimum absolute atomic E-state index is 0.0888. The molecule has 0 fully saturated rings. The summed E-state index contributed by atoms with van der Waals surface area (Å²) in [7, 11) is -3.69. The summed E-state index contributed by atoms with van der Waals surface area (Å²) in [5.74, 6) is -0.650. The van der Waals surface area contributed by atoms with Gasteiger partial charge in [0.1, 0.15) is 12.6 Å². The van der Waals surface area contributed by atoms with Gasteiger partial charge in [0.05, 0.1) is 4.90 Å². The molecule has 0 bridgehead atoms. The molecule has 8 nitrogen and oxygen atoms in total. The molecule has 0 aromatic heterocycles. The van der Waals surface area contributed by atoms with Crippen LogP contribution < -0.4 is 15.4 Å². The number of anilines is 1. The van der Waals surface area contributed by atoms with Crippen molar-refractivity contribution in [1.82, 2.24) is 10.0 Å². The Balaban J connectivity index is 1.78. The normalized spacial score (nSPS) is 12.4. The maximum Gasteiger partial charge on any atom is 0.408 e. The second kappa shape index (κ2) is 11.1. The Hall–Kier alpha value is -3.43. The van der Waals surface area contributed by atoms with E-state index in [0.717, 1.165) is 5.56 Å². The molecule has 3 aromatic carbocycles. The smallest absolute Gasteiger partial charge is 0.408 e. The minimum Gasteiger partial charge on any atom is -0.445 e. The van der Waals surface area contributed by atoms with Crippen molar-refractivity contribution in [3.63, 3.8) is 0 Å². The van der Waals surface area contributed by atoms with Gasteiger partial charge in [0, 0.05) is 23.0 Å². The predicted octanol–water partition coefficient (Wildman–Crippen LogP) is 4.03. The van der Waals surface area contributed by atoms with Crippen LogP contribution >= 0.6 is 0 Å². The number of hydrogen-bond acceptors (Lipinski definition) is 5. The molecule has 3 N–H and O–H groups in total. The van der Waals surface area contributed by atoms with Crippen LogP contribution in [0.2, 0.25) is 0 Å². The molecule has 34 heavy (non-hydrogen) atoms. The van der Waals surface area contributed by atoms with Crippen molar-refractivity contribution in [3.05, 3.63) is 72.3 Å². The van der Waals surface area contributed by atoms with Crippen LogP contribution in [-0.4, -0.2) is 33.0 Å². The Morgan fingerprint density at radius 3 is 2.26 bits per heavy atom. The number of carbonyl (C=O) groups excluding carboxylic acids is 2. The zero-order valence-electron chi connectivity index (χ0n) is 19.4.